The van der Waals surface area contributed by atoms with Crippen molar-refractivity contribution in [2.45, 2.75) is 55.9 Å². The summed E-state index contributed by atoms with van der Waals surface area (Å²) in [5, 5.41) is 8.82. The zero-order valence-corrected chi connectivity index (χ0v) is 15.3. The van der Waals surface area contributed by atoms with Crippen molar-refractivity contribution in [2.24, 2.45) is 17.3 Å². The fraction of sp³-hybridized carbons (Fsp3) is 0.600. The Bertz CT molecular complexity index is 677. The van der Waals surface area contributed by atoms with E-state index in [1.54, 1.807) is 12.1 Å². The lowest BCUT2D eigenvalue weighted by Crippen LogP contribution is -2.53. The van der Waals surface area contributed by atoms with Crippen molar-refractivity contribution < 1.29 is 9.53 Å². The van der Waals surface area contributed by atoms with E-state index >= 15 is 0 Å². The van der Waals surface area contributed by atoms with Gasteiger partial charge in [0.15, 0.2) is 0 Å². The molecule has 4 bridgehead atoms. The minimum absolute atomic E-state index is 0.0718. The molecule has 2 atom stereocenters. The van der Waals surface area contributed by atoms with Crippen LogP contribution in [0.1, 0.15) is 56.1 Å². The van der Waals surface area contributed by atoms with Gasteiger partial charge in [-0.3, -0.25) is 4.79 Å². The Morgan fingerprint density at radius 2 is 1.88 bits per heavy atom. The Morgan fingerprint density at radius 3 is 2.46 bits per heavy atom. The first-order chi connectivity index (χ1) is 11.5. The fourth-order valence-electron chi connectivity index (χ4n) is 5.74. The van der Waals surface area contributed by atoms with Gasteiger partial charge >= 0.3 is 5.97 Å². The summed E-state index contributed by atoms with van der Waals surface area (Å²) in [6.45, 7) is 0.299. The number of rotatable bonds is 4. The number of nitriles is 1. The van der Waals surface area contributed by atoms with Crippen molar-refractivity contribution in [3.63, 3.8) is 0 Å². The number of hydrogen-bond donors (Lipinski definition) is 0. The predicted molar refractivity (Wildman–Crippen MR) is 94.3 cm³/mol. The largest absolute Gasteiger partial charge is 0.461 e. The second kappa shape index (κ2) is 5.88. The average molecular weight is 388 g/mol. The van der Waals surface area contributed by atoms with Gasteiger partial charge in [0.1, 0.15) is 6.61 Å². The summed E-state index contributed by atoms with van der Waals surface area (Å²) in [6, 6.07) is 9.32. The van der Waals surface area contributed by atoms with E-state index in [0.717, 1.165) is 23.8 Å². The van der Waals surface area contributed by atoms with Gasteiger partial charge < -0.3 is 4.74 Å². The van der Waals surface area contributed by atoms with E-state index in [9.17, 15) is 4.79 Å². The molecule has 0 aromatic heterocycles. The lowest BCUT2D eigenvalue weighted by atomic mass is 9.49. The topological polar surface area (TPSA) is 50.1 Å². The van der Waals surface area contributed by atoms with Crippen LogP contribution in [0.3, 0.4) is 0 Å². The van der Waals surface area contributed by atoms with Gasteiger partial charge in [0.25, 0.3) is 0 Å². The van der Waals surface area contributed by atoms with Crippen molar-refractivity contribution in [3.05, 3.63) is 35.4 Å². The van der Waals surface area contributed by atoms with Gasteiger partial charge in [-0.1, -0.05) is 28.1 Å². The second-order valence-electron chi connectivity index (χ2n) is 8.26. The highest BCUT2D eigenvalue weighted by Gasteiger charge is 2.57. The quantitative estimate of drug-likeness (QED) is 0.554. The molecule has 4 fully saturated rings. The third-order valence-electron chi connectivity index (χ3n) is 6.11. The van der Waals surface area contributed by atoms with E-state index in [1.807, 2.05) is 12.1 Å². The monoisotopic (exact) mass is 387 g/mol. The summed E-state index contributed by atoms with van der Waals surface area (Å²) >= 11 is 3.99. The van der Waals surface area contributed by atoms with Crippen LogP contribution >= 0.6 is 15.9 Å². The zero-order valence-electron chi connectivity index (χ0n) is 13.8. The molecule has 4 aliphatic carbocycles. The van der Waals surface area contributed by atoms with Crippen LogP contribution in [-0.4, -0.2) is 10.3 Å². The van der Waals surface area contributed by atoms with Crippen LogP contribution in [0, 0.1) is 28.6 Å². The molecule has 5 rings (SSSR count). The standard InChI is InChI=1S/C20H22BrNO2/c21-20-8-16-5-17(9-20)7-19(6-16,13-20)10-18(23)24-12-15-3-1-14(11-22)2-4-15/h1-4,16-17H,5-10,12-13H2. The highest BCUT2D eigenvalue weighted by atomic mass is 79.9. The average Bonchev–Trinajstić information content (AvgIpc) is 2.50. The number of hydrogen-bond acceptors (Lipinski definition) is 3. The molecule has 0 aliphatic heterocycles. The highest BCUT2D eigenvalue weighted by Crippen LogP contribution is 2.65. The van der Waals surface area contributed by atoms with Crippen LogP contribution in [0.2, 0.25) is 0 Å². The molecule has 4 saturated carbocycles. The second-order valence-corrected chi connectivity index (χ2v) is 9.94. The zero-order chi connectivity index (χ0) is 16.8. The van der Waals surface area contributed by atoms with Crippen molar-refractivity contribution in [2.75, 3.05) is 0 Å². The van der Waals surface area contributed by atoms with Gasteiger partial charge in [-0.25, -0.2) is 0 Å². The van der Waals surface area contributed by atoms with E-state index in [0.29, 0.717) is 18.6 Å². The van der Waals surface area contributed by atoms with Gasteiger partial charge in [-0.2, -0.15) is 5.26 Å². The predicted octanol–water partition coefficient (Wildman–Crippen LogP) is 4.73. The number of alkyl halides is 1. The Morgan fingerprint density at radius 1 is 1.21 bits per heavy atom. The molecule has 3 nitrogen and oxygen atoms in total. The molecule has 0 heterocycles. The van der Waals surface area contributed by atoms with Crippen molar-refractivity contribution in [1.29, 1.82) is 5.26 Å². The summed E-state index contributed by atoms with van der Waals surface area (Å²) in [4.78, 5) is 12.4. The smallest absolute Gasteiger partial charge is 0.306 e. The van der Waals surface area contributed by atoms with Gasteiger partial charge in [-0.15, -0.1) is 0 Å². The van der Waals surface area contributed by atoms with Crippen molar-refractivity contribution in [1.82, 2.24) is 0 Å². The van der Waals surface area contributed by atoms with Crippen LogP contribution in [0.25, 0.3) is 0 Å². The molecule has 0 amide bonds. The molecule has 0 radical (unpaired) electrons. The molecule has 2 unspecified atom stereocenters. The molecule has 0 saturated heterocycles. The third-order valence-corrected chi connectivity index (χ3v) is 7.04. The molecular formula is C20H22BrNO2. The minimum Gasteiger partial charge on any atom is -0.461 e. The van der Waals surface area contributed by atoms with Gasteiger partial charge in [0.2, 0.25) is 0 Å². The molecule has 1 aromatic rings. The van der Waals surface area contributed by atoms with Gasteiger partial charge in [0, 0.05) is 4.32 Å². The summed E-state index contributed by atoms with van der Waals surface area (Å²) in [5.74, 6) is 1.51. The summed E-state index contributed by atoms with van der Waals surface area (Å²) < 4.78 is 5.82. The fourth-order valence-corrected chi connectivity index (χ4v) is 7.25. The lowest BCUT2D eigenvalue weighted by Gasteiger charge is -2.60. The number of carbonyl (C=O) groups excluding carboxylic acids is 1. The van der Waals surface area contributed by atoms with Crippen LogP contribution in [0.4, 0.5) is 0 Å². The third kappa shape index (κ3) is 3.11. The maximum Gasteiger partial charge on any atom is 0.306 e. The normalized spacial score (nSPS) is 36.3. The number of halogens is 1. The van der Waals surface area contributed by atoms with E-state index in [2.05, 4.69) is 22.0 Å². The maximum absolute atomic E-state index is 12.4. The van der Waals surface area contributed by atoms with Gasteiger partial charge in [0.05, 0.1) is 18.1 Å². The first-order valence-electron chi connectivity index (χ1n) is 8.81. The summed E-state index contributed by atoms with van der Waals surface area (Å²) in [6.07, 6.45) is 8.00. The molecule has 0 spiro atoms. The lowest BCUT2D eigenvalue weighted by molar-refractivity contribution is -0.152. The number of esters is 1. The van der Waals surface area contributed by atoms with Crippen LogP contribution in [-0.2, 0) is 16.1 Å². The molecule has 126 valence electrons. The van der Waals surface area contributed by atoms with Crippen LogP contribution in [0.15, 0.2) is 24.3 Å². The Labute approximate surface area is 151 Å². The summed E-state index contributed by atoms with van der Waals surface area (Å²) in [5.41, 5.74) is 1.72. The first-order valence-corrected chi connectivity index (χ1v) is 9.61. The minimum atomic E-state index is -0.0718. The number of carbonyl (C=O) groups is 1. The number of ether oxygens (including phenoxy) is 1. The SMILES string of the molecule is N#Cc1ccc(COC(=O)CC23CC4CC(CC(Br)(C4)C2)C3)cc1. The molecule has 4 heteroatoms. The van der Waals surface area contributed by atoms with E-state index < -0.39 is 0 Å². The Hall–Kier alpha value is -1.34. The first kappa shape index (κ1) is 16.1. The van der Waals surface area contributed by atoms with E-state index in [-0.39, 0.29) is 15.7 Å². The van der Waals surface area contributed by atoms with E-state index in [1.165, 1.54) is 32.1 Å². The van der Waals surface area contributed by atoms with Gasteiger partial charge in [-0.05, 0) is 73.5 Å². The maximum atomic E-state index is 12.4. The summed E-state index contributed by atoms with van der Waals surface area (Å²) in [7, 11) is 0. The molecule has 4 aliphatic rings. The van der Waals surface area contributed by atoms with Crippen LogP contribution < -0.4 is 0 Å². The molecule has 1 aromatic carbocycles. The molecular weight excluding hydrogens is 366 g/mol. The molecule has 0 N–H and O–H groups in total. The van der Waals surface area contributed by atoms with E-state index in [4.69, 9.17) is 10.00 Å². The van der Waals surface area contributed by atoms with Crippen molar-refractivity contribution in [3.8, 4) is 6.07 Å². The molecule has 24 heavy (non-hydrogen) atoms. The Balaban J connectivity index is 1.37. The number of nitrogens with zero attached hydrogens (tertiary/aromatic N) is 1. The Kier molecular flexibility index (Phi) is 3.95. The van der Waals surface area contributed by atoms with Crippen molar-refractivity contribution >= 4 is 21.9 Å². The number of benzene rings is 1. The van der Waals surface area contributed by atoms with Crippen LogP contribution in [0.5, 0.6) is 0 Å². The highest BCUT2D eigenvalue weighted by molar-refractivity contribution is 9.10.